The van der Waals surface area contributed by atoms with Crippen molar-refractivity contribution in [3.63, 3.8) is 0 Å². The van der Waals surface area contributed by atoms with Crippen LogP contribution < -0.4 is 5.32 Å². The van der Waals surface area contributed by atoms with Crippen LogP contribution in [0, 0.1) is 5.92 Å². The fraction of sp³-hybridized carbons (Fsp3) is 0.533. The highest BCUT2D eigenvalue weighted by Crippen LogP contribution is 2.32. The molecule has 1 aliphatic heterocycles. The van der Waals surface area contributed by atoms with Crippen LogP contribution in [0.15, 0.2) is 22.7 Å². The molecule has 0 saturated carbocycles. The van der Waals surface area contributed by atoms with Crippen molar-refractivity contribution in [2.45, 2.75) is 32.7 Å². The van der Waals surface area contributed by atoms with E-state index in [4.69, 9.17) is 4.98 Å². The van der Waals surface area contributed by atoms with Crippen molar-refractivity contribution in [3.8, 4) is 0 Å². The molecule has 0 bridgehead atoms. The molecule has 102 valence electrons. The van der Waals surface area contributed by atoms with E-state index >= 15 is 0 Å². The van der Waals surface area contributed by atoms with Crippen molar-refractivity contribution in [1.29, 1.82) is 0 Å². The zero-order valence-corrected chi connectivity index (χ0v) is 13.2. The number of aromatic nitrogens is 2. The highest BCUT2D eigenvalue weighted by Gasteiger charge is 2.30. The van der Waals surface area contributed by atoms with Gasteiger partial charge in [-0.1, -0.05) is 22.9 Å². The molecule has 1 N–H and O–H groups in total. The fourth-order valence-electron chi connectivity index (χ4n) is 3.05. The van der Waals surface area contributed by atoms with Gasteiger partial charge >= 0.3 is 0 Å². The molecular weight excluding hydrogens is 302 g/mol. The van der Waals surface area contributed by atoms with E-state index in [-0.39, 0.29) is 0 Å². The monoisotopic (exact) mass is 321 g/mol. The van der Waals surface area contributed by atoms with Crippen molar-refractivity contribution in [2.24, 2.45) is 5.92 Å². The first-order chi connectivity index (χ1) is 9.08. The highest BCUT2D eigenvalue weighted by atomic mass is 79.9. The van der Waals surface area contributed by atoms with E-state index in [1.54, 1.807) is 0 Å². The van der Waals surface area contributed by atoms with E-state index in [9.17, 15) is 0 Å². The third-order valence-electron chi connectivity index (χ3n) is 4.04. The predicted molar refractivity (Wildman–Crippen MR) is 82.6 cm³/mol. The predicted octanol–water partition coefficient (Wildman–Crippen LogP) is 3.70. The van der Waals surface area contributed by atoms with Crippen molar-refractivity contribution >= 4 is 27.0 Å². The summed E-state index contributed by atoms with van der Waals surface area (Å²) < 4.78 is 3.49. The zero-order valence-electron chi connectivity index (χ0n) is 11.7. The Balaban J connectivity index is 2.19. The average molecular weight is 322 g/mol. The molecule has 0 spiro atoms. The molecule has 2 atom stereocenters. The summed E-state index contributed by atoms with van der Waals surface area (Å²) in [5.74, 6) is 2.41. The van der Waals surface area contributed by atoms with Crippen LogP contribution in [0.25, 0.3) is 11.0 Å². The van der Waals surface area contributed by atoms with Gasteiger partial charge in [-0.05, 0) is 44.5 Å². The second kappa shape index (κ2) is 4.91. The summed E-state index contributed by atoms with van der Waals surface area (Å²) >= 11 is 3.54. The minimum Gasteiger partial charge on any atom is -0.325 e. The van der Waals surface area contributed by atoms with Gasteiger partial charge in [0, 0.05) is 23.0 Å². The van der Waals surface area contributed by atoms with Gasteiger partial charge in [-0.25, -0.2) is 4.98 Å². The Morgan fingerprint density at radius 1 is 1.37 bits per heavy atom. The Morgan fingerprint density at radius 2 is 2.16 bits per heavy atom. The Labute approximate surface area is 122 Å². The normalized spacial score (nSPS) is 23.6. The maximum absolute atomic E-state index is 4.92. The quantitative estimate of drug-likeness (QED) is 0.914. The first-order valence-electron chi connectivity index (χ1n) is 6.96. The Kier molecular flexibility index (Phi) is 3.39. The molecule has 3 rings (SSSR count). The minimum atomic E-state index is 0.439. The Morgan fingerprint density at radius 3 is 2.79 bits per heavy atom. The molecule has 0 aliphatic carbocycles. The van der Waals surface area contributed by atoms with Crippen LogP contribution >= 0.6 is 15.9 Å². The molecule has 1 aromatic carbocycles. The van der Waals surface area contributed by atoms with Crippen LogP contribution in [0.5, 0.6) is 0 Å². The Bertz CT molecular complexity index is 603. The van der Waals surface area contributed by atoms with Crippen molar-refractivity contribution in [1.82, 2.24) is 14.9 Å². The molecule has 2 unspecified atom stereocenters. The molecule has 19 heavy (non-hydrogen) atoms. The smallest absolute Gasteiger partial charge is 0.114 e. The van der Waals surface area contributed by atoms with Gasteiger partial charge in [-0.2, -0.15) is 0 Å². The van der Waals surface area contributed by atoms with Gasteiger partial charge in [0.1, 0.15) is 5.82 Å². The Hall–Kier alpha value is -0.870. The van der Waals surface area contributed by atoms with Crippen LogP contribution in [-0.4, -0.2) is 22.6 Å². The van der Waals surface area contributed by atoms with E-state index in [1.807, 2.05) is 0 Å². The number of fused-ring (bicyclic) bond motifs is 1. The zero-order chi connectivity index (χ0) is 13.6. The summed E-state index contributed by atoms with van der Waals surface area (Å²) in [5.41, 5.74) is 2.34. The lowest BCUT2D eigenvalue weighted by Gasteiger charge is -2.19. The summed E-state index contributed by atoms with van der Waals surface area (Å²) in [6, 6.07) is 6.82. The summed E-state index contributed by atoms with van der Waals surface area (Å²) in [6.07, 6.45) is 0. The molecular formula is C15H20BrN3. The molecule has 0 radical (unpaired) electrons. The minimum absolute atomic E-state index is 0.439. The number of halogens is 1. The number of rotatable bonds is 2. The molecule has 1 aromatic heterocycles. The highest BCUT2D eigenvalue weighted by molar-refractivity contribution is 9.10. The van der Waals surface area contributed by atoms with Crippen molar-refractivity contribution in [3.05, 3.63) is 28.5 Å². The first-order valence-corrected chi connectivity index (χ1v) is 7.75. The van der Waals surface area contributed by atoms with E-state index in [1.165, 1.54) is 11.3 Å². The number of nitrogens with zero attached hydrogens (tertiary/aromatic N) is 2. The summed E-state index contributed by atoms with van der Waals surface area (Å²) in [5, 5.41) is 3.48. The molecule has 3 nitrogen and oxygen atoms in total. The third-order valence-corrected chi connectivity index (χ3v) is 4.54. The fourth-order valence-corrected chi connectivity index (χ4v) is 3.40. The topological polar surface area (TPSA) is 29.9 Å². The van der Waals surface area contributed by atoms with Crippen molar-refractivity contribution in [2.75, 3.05) is 13.1 Å². The lowest BCUT2D eigenvalue weighted by molar-refractivity contribution is 0.492. The standard InChI is InChI=1S/C15H20BrN3/c1-9(2)19-14-5-4-11(16)6-13(14)18-15(19)12-8-17-7-10(12)3/h4-6,9-10,12,17H,7-8H2,1-3H3. The summed E-state index contributed by atoms with van der Waals surface area (Å²) in [6.45, 7) is 8.91. The number of nitrogens with one attached hydrogen (secondary N) is 1. The second-order valence-corrected chi connectivity index (χ2v) is 6.72. The summed E-state index contributed by atoms with van der Waals surface area (Å²) in [4.78, 5) is 4.92. The number of hydrogen-bond acceptors (Lipinski definition) is 2. The number of benzene rings is 1. The van der Waals surface area contributed by atoms with Gasteiger partial charge in [-0.15, -0.1) is 0 Å². The van der Waals surface area contributed by atoms with Crippen LogP contribution in [0.2, 0.25) is 0 Å². The molecule has 0 amide bonds. The van der Waals surface area contributed by atoms with E-state index < -0.39 is 0 Å². The molecule has 2 aromatic rings. The van der Waals surface area contributed by atoms with Crippen LogP contribution in [0.3, 0.4) is 0 Å². The largest absolute Gasteiger partial charge is 0.325 e. The van der Waals surface area contributed by atoms with E-state index in [0.29, 0.717) is 17.9 Å². The van der Waals surface area contributed by atoms with Gasteiger partial charge in [-0.3, -0.25) is 0 Å². The molecule has 1 fully saturated rings. The third kappa shape index (κ3) is 2.21. The van der Waals surface area contributed by atoms with Gasteiger partial charge in [0.05, 0.1) is 11.0 Å². The molecule has 2 heterocycles. The molecule has 1 aliphatic rings. The maximum atomic E-state index is 4.92. The van der Waals surface area contributed by atoms with Crippen LogP contribution in [0.4, 0.5) is 0 Å². The maximum Gasteiger partial charge on any atom is 0.114 e. The van der Waals surface area contributed by atoms with E-state index in [2.05, 4.69) is 64.8 Å². The SMILES string of the molecule is CC1CNCC1c1nc2cc(Br)ccc2n1C(C)C. The molecule has 1 saturated heterocycles. The number of hydrogen-bond donors (Lipinski definition) is 1. The van der Waals surface area contributed by atoms with E-state index in [0.717, 1.165) is 23.1 Å². The van der Waals surface area contributed by atoms with Gasteiger partial charge in [0.25, 0.3) is 0 Å². The van der Waals surface area contributed by atoms with Crippen LogP contribution in [0.1, 0.15) is 38.6 Å². The lowest BCUT2D eigenvalue weighted by Crippen LogP contribution is -2.16. The lowest BCUT2D eigenvalue weighted by atomic mass is 9.97. The average Bonchev–Trinajstić information content (AvgIpc) is 2.91. The van der Waals surface area contributed by atoms with Gasteiger partial charge in [0.15, 0.2) is 0 Å². The first kappa shape index (κ1) is 13.1. The van der Waals surface area contributed by atoms with Crippen LogP contribution in [-0.2, 0) is 0 Å². The number of imidazole rings is 1. The molecule has 4 heteroatoms. The van der Waals surface area contributed by atoms with Gasteiger partial charge in [0.2, 0.25) is 0 Å². The van der Waals surface area contributed by atoms with Crippen molar-refractivity contribution < 1.29 is 0 Å². The van der Waals surface area contributed by atoms with Gasteiger partial charge < -0.3 is 9.88 Å². The second-order valence-electron chi connectivity index (χ2n) is 5.81. The summed E-state index contributed by atoms with van der Waals surface area (Å²) in [7, 11) is 0.